The molecule has 1 aromatic heterocycles. The molecule has 256 valence electrons. The van der Waals surface area contributed by atoms with Crippen molar-refractivity contribution >= 4 is 39.0 Å². The number of furan rings is 1. The predicted molar refractivity (Wildman–Crippen MR) is 223 cm³/mol. The van der Waals surface area contributed by atoms with E-state index in [4.69, 9.17) is 4.42 Å². The standard InChI is InChI=1S/C52H37NO/c1-51(2)44-19-9-11-21-46(44)52(47-22-12-10-20-45(47)51)43-18-8-6-16-39(43)40-30-28-37(32-48(40)52)53(36-26-24-35(25-27-36)34-14-4-3-5-15-34)38-29-31-42-41-17-7-13-23-49(41)54-50(42)33-38/h3-33H,1-2H3. The first-order chi connectivity index (χ1) is 26.5. The second-order valence-corrected chi connectivity index (χ2v) is 15.3. The summed E-state index contributed by atoms with van der Waals surface area (Å²) >= 11 is 0. The molecule has 0 atom stereocenters. The van der Waals surface area contributed by atoms with Crippen LogP contribution in [0.25, 0.3) is 44.2 Å². The minimum Gasteiger partial charge on any atom is -0.456 e. The molecule has 0 N–H and O–H groups in total. The number of nitrogens with zero attached hydrogens (tertiary/aromatic N) is 1. The highest BCUT2D eigenvalue weighted by Gasteiger charge is 2.53. The monoisotopic (exact) mass is 691 g/mol. The zero-order valence-corrected chi connectivity index (χ0v) is 30.3. The maximum atomic E-state index is 6.47. The molecule has 1 spiro atoms. The van der Waals surface area contributed by atoms with E-state index >= 15 is 0 Å². The van der Waals surface area contributed by atoms with Gasteiger partial charge in [0.25, 0.3) is 0 Å². The van der Waals surface area contributed by atoms with E-state index < -0.39 is 5.41 Å². The number of anilines is 3. The topological polar surface area (TPSA) is 16.4 Å². The average molecular weight is 692 g/mol. The predicted octanol–water partition coefficient (Wildman–Crippen LogP) is 13.7. The molecule has 54 heavy (non-hydrogen) atoms. The molecule has 0 aliphatic heterocycles. The van der Waals surface area contributed by atoms with Crippen LogP contribution >= 0.6 is 0 Å². The fraction of sp³-hybridized carbons (Fsp3) is 0.0769. The van der Waals surface area contributed by atoms with Gasteiger partial charge in [0.15, 0.2) is 0 Å². The third kappa shape index (κ3) is 4.22. The van der Waals surface area contributed by atoms with Crippen LogP contribution in [0, 0.1) is 0 Å². The zero-order valence-electron chi connectivity index (χ0n) is 30.3. The van der Waals surface area contributed by atoms with E-state index in [9.17, 15) is 0 Å². The highest BCUT2D eigenvalue weighted by atomic mass is 16.3. The van der Waals surface area contributed by atoms with Crippen LogP contribution in [0.4, 0.5) is 17.1 Å². The van der Waals surface area contributed by atoms with Crippen molar-refractivity contribution in [3.63, 3.8) is 0 Å². The molecule has 2 aliphatic carbocycles. The van der Waals surface area contributed by atoms with Gasteiger partial charge in [-0.05, 0) is 98.1 Å². The molecule has 2 heteroatoms. The summed E-state index contributed by atoms with van der Waals surface area (Å²) in [6, 6.07) is 69.0. The van der Waals surface area contributed by atoms with E-state index in [1.807, 2.05) is 12.1 Å². The van der Waals surface area contributed by atoms with Gasteiger partial charge in [0.1, 0.15) is 11.2 Å². The molecule has 0 bridgehead atoms. The second-order valence-electron chi connectivity index (χ2n) is 15.3. The van der Waals surface area contributed by atoms with Crippen molar-refractivity contribution < 1.29 is 4.42 Å². The third-order valence-electron chi connectivity index (χ3n) is 12.1. The summed E-state index contributed by atoms with van der Waals surface area (Å²) in [7, 11) is 0. The van der Waals surface area contributed by atoms with E-state index in [-0.39, 0.29) is 5.41 Å². The summed E-state index contributed by atoms with van der Waals surface area (Å²) in [5.74, 6) is 0. The number of rotatable bonds is 4. The molecular formula is C52H37NO. The average Bonchev–Trinajstić information content (AvgIpc) is 3.74. The van der Waals surface area contributed by atoms with Gasteiger partial charge in [-0.2, -0.15) is 0 Å². The molecular weight excluding hydrogens is 655 g/mol. The maximum absolute atomic E-state index is 6.47. The Morgan fingerprint density at radius 3 is 1.63 bits per heavy atom. The lowest BCUT2D eigenvalue weighted by molar-refractivity contribution is 0.563. The number of hydrogen-bond donors (Lipinski definition) is 0. The molecule has 0 amide bonds. The van der Waals surface area contributed by atoms with Crippen LogP contribution in [-0.2, 0) is 10.8 Å². The molecule has 9 aromatic rings. The van der Waals surface area contributed by atoms with Crippen molar-refractivity contribution in [3.8, 4) is 22.3 Å². The van der Waals surface area contributed by atoms with Crippen LogP contribution in [0.2, 0.25) is 0 Å². The molecule has 8 aromatic carbocycles. The summed E-state index contributed by atoms with van der Waals surface area (Å²) < 4.78 is 6.47. The van der Waals surface area contributed by atoms with Crippen molar-refractivity contribution in [3.05, 3.63) is 221 Å². The zero-order chi connectivity index (χ0) is 36.0. The molecule has 0 unspecified atom stereocenters. The van der Waals surface area contributed by atoms with Crippen LogP contribution in [-0.4, -0.2) is 0 Å². The van der Waals surface area contributed by atoms with E-state index in [1.54, 1.807) is 0 Å². The quantitative estimate of drug-likeness (QED) is 0.183. The van der Waals surface area contributed by atoms with Gasteiger partial charge >= 0.3 is 0 Å². The Bertz CT molecular complexity index is 2860. The summed E-state index contributed by atoms with van der Waals surface area (Å²) in [6.45, 7) is 4.76. The van der Waals surface area contributed by atoms with Crippen molar-refractivity contribution in [2.75, 3.05) is 4.90 Å². The second kappa shape index (κ2) is 11.4. The molecule has 0 fully saturated rings. The van der Waals surface area contributed by atoms with Gasteiger partial charge in [0.05, 0.1) is 5.41 Å². The Balaban J connectivity index is 1.18. The first-order valence-corrected chi connectivity index (χ1v) is 18.8. The van der Waals surface area contributed by atoms with Crippen LogP contribution in [0.15, 0.2) is 192 Å². The van der Waals surface area contributed by atoms with Crippen molar-refractivity contribution in [1.82, 2.24) is 0 Å². The lowest BCUT2D eigenvalue weighted by Gasteiger charge is -2.46. The smallest absolute Gasteiger partial charge is 0.137 e. The highest BCUT2D eigenvalue weighted by Crippen LogP contribution is 2.62. The fourth-order valence-corrected chi connectivity index (χ4v) is 9.72. The summed E-state index contributed by atoms with van der Waals surface area (Å²) in [5.41, 5.74) is 17.5. The summed E-state index contributed by atoms with van der Waals surface area (Å²) in [4.78, 5) is 2.39. The van der Waals surface area contributed by atoms with E-state index in [2.05, 4.69) is 195 Å². The van der Waals surface area contributed by atoms with Crippen LogP contribution in [0.1, 0.15) is 47.2 Å². The minimum absolute atomic E-state index is 0.151. The lowest BCUT2D eigenvalue weighted by atomic mass is 9.55. The van der Waals surface area contributed by atoms with Crippen LogP contribution in [0.3, 0.4) is 0 Å². The Kier molecular flexibility index (Phi) is 6.55. The maximum Gasteiger partial charge on any atom is 0.137 e. The third-order valence-corrected chi connectivity index (χ3v) is 12.1. The van der Waals surface area contributed by atoms with Crippen molar-refractivity contribution in [1.29, 1.82) is 0 Å². The Morgan fingerprint density at radius 2 is 0.889 bits per heavy atom. The van der Waals surface area contributed by atoms with E-state index in [1.165, 1.54) is 55.6 Å². The van der Waals surface area contributed by atoms with Crippen LogP contribution < -0.4 is 4.90 Å². The van der Waals surface area contributed by atoms with Crippen molar-refractivity contribution in [2.45, 2.75) is 24.7 Å². The Morgan fingerprint density at radius 1 is 0.370 bits per heavy atom. The summed E-state index contributed by atoms with van der Waals surface area (Å²) in [5, 5.41) is 2.25. The largest absolute Gasteiger partial charge is 0.456 e. The Labute approximate surface area is 315 Å². The van der Waals surface area contributed by atoms with E-state index in [0.717, 1.165) is 39.0 Å². The molecule has 0 saturated heterocycles. The SMILES string of the molecule is CC1(C)c2ccccc2C2(c3ccccc3-c3ccc(N(c4ccc(-c5ccccc5)cc4)c4ccc5c(c4)oc4ccccc45)cc32)c2ccccc21. The molecule has 0 radical (unpaired) electrons. The van der Waals surface area contributed by atoms with Gasteiger partial charge in [0.2, 0.25) is 0 Å². The van der Waals surface area contributed by atoms with Crippen LogP contribution in [0.5, 0.6) is 0 Å². The number of fused-ring (bicyclic) bond motifs is 12. The molecule has 1 heterocycles. The lowest BCUT2D eigenvalue weighted by Crippen LogP contribution is -2.40. The number of benzene rings is 8. The molecule has 11 rings (SSSR count). The first-order valence-electron chi connectivity index (χ1n) is 18.8. The van der Waals surface area contributed by atoms with Gasteiger partial charge in [-0.1, -0.05) is 153 Å². The van der Waals surface area contributed by atoms with Gasteiger partial charge in [-0.3, -0.25) is 0 Å². The minimum atomic E-state index is -0.476. The van der Waals surface area contributed by atoms with Crippen molar-refractivity contribution in [2.24, 2.45) is 0 Å². The van der Waals surface area contributed by atoms with Gasteiger partial charge < -0.3 is 9.32 Å². The molecule has 2 nitrogen and oxygen atoms in total. The summed E-state index contributed by atoms with van der Waals surface area (Å²) in [6.07, 6.45) is 0. The normalized spacial score (nSPS) is 14.4. The molecule has 2 aliphatic rings. The fourth-order valence-electron chi connectivity index (χ4n) is 9.72. The van der Waals surface area contributed by atoms with Gasteiger partial charge in [0, 0.05) is 39.3 Å². The molecule has 0 saturated carbocycles. The van der Waals surface area contributed by atoms with Gasteiger partial charge in [-0.15, -0.1) is 0 Å². The number of hydrogen-bond acceptors (Lipinski definition) is 2. The highest BCUT2D eigenvalue weighted by molar-refractivity contribution is 6.06. The first kappa shape index (κ1) is 30.9. The van der Waals surface area contributed by atoms with Gasteiger partial charge in [-0.25, -0.2) is 0 Å². The number of para-hydroxylation sites is 1. The van der Waals surface area contributed by atoms with E-state index in [0.29, 0.717) is 0 Å². The Hall–Kier alpha value is -6.64.